The summed E-state index contributed by atoms with van der Waals surface area (Å²) in [6.07, 6.45) is 33.9. The van der Waals surface area contributed by atoms with Gasteiger partial charge in [0.05, 0.1) is 0 Å². The summed E-state index contributed by atoms with van der Waals surface area (Å²) in [6, 6.07) is 0. The standard InChI is InChI=1S/C42H80O6/c1-5-7-9-11-13-14-15-16-17-18-19-21-27-31-35-42(45)48-39(36-46-40(43)33-29-25-20-12-10-8-6-2)37-47-41(44)34-30-26-23-22-24-28-32-38(3)4/h38-39H,5-37H2,1-4H3/t39-/m1/s1. The Bertz CT molecular complexity index is 721. The van der Waals surface area contributed by atoms with Crippen molar-refractivity contribution >= 4 is 17.9 Å². The molecule has 0 N–H and O–H groups in total. The third-order valence-corrected chi connectivity index (χ3v) is 9.29. The molecule has 0 aromatic carbocycles. The Kier molecular flexibility index (Phi) is 35.5. The van der Waals surface area contributed by atoms with E-state index >= 15 is 0 Å². The van der Waals surface area contributed by atoms with E-state index in [0.29, 0.717) is 19.3 Å². The highest BCUT2D eigenvalue weighted by atomic mass is 16.6. The number of rotatable bonds is 37. The van der Waals surface area contributed by atoms with Crippen LogP contribution in [-0.2, 0) is 28.6 Å². The molecule has 0 saturated carbocycles. The summed E-state index contributed by atoms with van der Waals surface area (Å²) in [4.78, 5) is 37.4. The Hall–Kier alpha value is -1.59. The number of hydrogen-bond acceptors (Lipinski definition) is 6. The second-order valence-corrected chi connectivity index (χ2v) is 14.7. The molecule has 0 aromatic rings. The molecule has 48 heavy (non-hydrogen) atoms. The lowest BCUT2D eigenvalue weighted by Crippen LogP contribution is -2.30. The molecule has 0 bridgehead atoms. The fraction of sp³-hybridized carbons (Fsp3) is 0.929. The summed E-state index contributed by atoms with van der Waals surface area (Å²) in [5, 5.41) is 0. The van der Waals surface area contributed by atoms with Crippen LogP contribution in [0, 0.1) is 5.92 Å². The van der Waals surface area contributed by atoms with Gasteiger partial charge >= 0.3 is 17.9 Å². The molecule has 6 heteroatoms. The van der Waals surface area contributed by atoms with Crippen LogP contribution in [0.3, 0.4) is 0 Å². The number of carbonyl (C=O) groups excluding carboxylic acids is 3. The molecule has 0 rings (SSSR count). The Labute approximate surface area is 298 Å². The lowest BCUT2D eigenvalue weighted by Gasteiger charge is -2.18. The van der Waals surface area contributed by atoms with E-state index in [1.807, 2.05) is 0 Å². The number of esters is 3. The molecule has 0 radical (unpaired) electrons. The fourth-order valence-corrected chi connectivity index (χ4v) is 6.10. The number of unbranched alkanes of at least 4 members (excludes halogenated alkanes) is 24. The minimum atomic E-state index is -0.757. The lowest BCUT2D eigenvalue weighted by atomic mass is 10.0. The second kappa shape index (κ2) is 36.7. The van der Waals surface area contributed by atoms with Gasteiger partial charge in [-0.3, -0.25) is 14.4 Å². The summed E-state index contributed by atoms with van der Waals surface area (Å²) in [6.45, 7) is 8.87. The number of ether oxygens (including phenoxy) is 3. The Balaban J connectivity index is 4.29. The van der Waals surface area contributed by atoms with Crippen molar-refractivity contribution in [3.8, 4) is 0 Å². The Morgan fingerprint density at radius 2 is 0.688 bits per heavy atom. The van der Waals surface area contributed by atoms with E-state index in [4.69, 9.17) is 14.2 Å². The topological polar surface area (TPSA) is 78.9 Å². The predicted octanol–water partition coefficient (Wildman–Crippen LogP) is 12.8. The molecule has 0 heterocycles. The van der Waals surface area contributed by atoms with E-state index in [2.05, 4.69) is 27.7 Å². The molecule has 6 nitrogen and oxygen atoms in total. The van der Waals surface area contributed by atoms with Gasteiger partial charge in [-0.2, -0.15) is 0 Å². The maximum Gasteiger partial charge on any atom is 0.306 e. The average molecular weight is 681 g/mol. The average Bonchev–Trinajstić information content (AvgIpc) is 3.06. The van der Waals surface area contributed by atoms with Gasteiger partial charge in [-0.05, 0) is 25.2 Å². The summed E-state index contributed by atoms with van der Waals surface area (Å²) < 4.78 is 16.6. The molecule has 0 aromatic heterocycles. The zero-order valence-corrected chi connectivity index (χ0v) is 32.4. The van der Waals surface area contributed by atoms with E-state index in [9.17, 15) is 14.4 Å². The highest BCUT2D eigenvalue weighted by Gasteiger charge is 2.19. The van der Waals surface area contributed by atoms with Crippen molar-refractivity contribution in [3.05, 3.63) is 0 Å². The highest BCUT2D eigenvalue weighted by molar-refractivity contribution is 5.71. The first-order valence-corrected chi connectivity index (χ1v) is 20.9. The van der Waals surface area contributed by atoms with Crippen LogP contribution in [0.5, 0.6) is 0 Å². The molecular weight excluding hydrogens is 600 g/mol. The SMILES string of the molecule is CCCCCCCCCCCCCCCCC(=O)O[C@H](COC(=O)CCCCCCCCC)COC(=O)CCCCCCCCC(C)C. The van der Waals surface area contributed by atoms with Crippen LogP contribution in [0.15, 0.2) is 0 Å². The first-order chi connectivity index (χ1) is 23.4. The zero-order valence-electron chi connectivity index (χ0n) is 32.4. The number of carbonyl (C=O) groups is 3. The van der Waals surface area contributed by atoms with Crippen LogP contribution in [0.2, 0.25) is 0 Å². The van der Waals surface area contributed by atoms with Crippen molar-refractivity contribution in [3.63, 3.8) is 0 Å². The van der Waals surface area contributed by atoms with Gasteiger partial charge in [-0.1, -0.05) is 188 Å². The third-order valence-electron chi connectivity index (χ3n) is 9.29. The molecular formula is C42H80O6. The van der Waals surface area contributed by atoms with Crippen molar-refractivity contribution in [1.29, 1.82) is 0 Å². The zero-order chi connectivity index (χ0) is 35.3. The van der Waals surface area contributed by atoms with Crippen LogP contribution in [0.4, 0.5) is 0 Å². The van der Waals surface area contributed by atoms with Crippen LogP contribution < -0.4 is 0 Å². The Morgan fingerprint density at radius 1 is 0.396 bits per heavy atom. The van der Waals surface area contributed by atoms with E-state index in [1.54, 1.807) is 0 Å². The Morgan fingerprint density at radius 3 is 1.02 bits per heavy atom. The molecule has 0 aliphatic rings. The van der Waals surface area contributed by atoms with Crippen LogP contribution in [-0.4, -0.2) is 37.2 Å². The second-order valence-electron chi connectivity index (χ2n) is 14.7. The summed E-state index contributed by atoms with van der Waals surface area (Å²) in [7, 11) is 0. The molecule has 0 fully saturated rings. The maximum atomic E-state index is 12.6. The minimum absolute atomic E-state index is 0.0660. The molecule has 0 aliphatic carbocycles. The van der Waals surface area contributed by atoms with Crippen molar-refractivity contribution in [2.24, 2.45) is 5.92 Å². The van der Waals surface area contributed by atoms with Crippen molar-refractivity contribution in [2.45, 2.75) is 233 Å². The molecule has 0 aliphatic heterocycles. The van der Waals surface area contributed by atoms with Gasteiger partial charge in [0.2, 0.25) is 0 Å². The number of hydrogen-bond donors (Lipinski definition) is 0. The molecule has 0 saturated heterocycles. The minimum Gasteiger partial charge on any atom is -0.462 e. The highest BCUT2D eigenvalue weighted by Crippen LogP contribution is 2.15. The van der Waals surface area contributed by atoms with Gasteiger partial charge in [0.25, 0.3) is 0 Å². The molecule has 284 valence electrons. The summed E-state index contributed by atoms with van der Waals surface area (Å²) >= 11 is 0. The molecule has 0 amide bonds. The van der Waals surface area contributed by atoms with Gasteiger partial charge in [0, 0.05) is 19.3 Å². The monoisotopic (exact) mass is 681 g/mol. The van der Waals surface area contributed by atoms with Gasteiger partial charge in [0.1, 0.15) is 13.2 Å². The van der Waals surface area contributed by atoms with Crippen LogP contribution >= 0.6 is 0 Å². The molecule has 1 atom stereocenters. The predicted molar refractivity (Wildman–Crippen MR) is 201 cm³/mol. The fourth-order valence-electron chi connectivity index (χ4n) is 6.10. The van der Waals surface area contributed by atoms with E-state index in [0.717, 1.165) is 63.7 Å². The largest absolute Gasteiger partial charge is 0.462 e. The van der Waals surface area contributed by atoms with Crippen molar-refractivity contribution in [2.75, 3.05) is 13.2 Å². The summed E-state index contributed by atoms with van der Waals surface area (Å²) in [5.41, 5.74) is 0. The van der Waals surface area contributed by atoms with Gasteiger partial charge in [-0.25, -0.2) is 0 Å². The first-order valence-electron chi connectivity index (χ1n) is 20.9. The molecule has 0 spiro atoms. The summed E-state index contributed by atoms with van der Waals surface area (Å²) in [5.74, 6) is -0.107. The first kappa shape index (κ1) is 46.4. The maximum absolute atomic E-state index is 12.6. The third kappa shape index (κ3) is 35.7. The molecule has 0 unspecified atom stereocenters. The van der Waals surface area contributed by atoms with E-state index in [1.165, 1.54) is 122 Å². The van der Waals surface area contributed by atoms with E-state index in [-0.39, 0.29) is 31.1 Å². The van der Waals surface area contributed by atoms with Gasteiger partial charge in [0.15, 0.2) is 6.10 Å². The van der Waals surface area contributed by atoms with Gasteiger partial charge in [-0.15, -0.1) is 0 Å². The smallest absolute Gasteiger partial charge is 0.306 e. The normalized spacial score (nSPS) is 11.9. The quantitative estimate of drug-likeness (QED) is 0.0369. The lowest BCUT2D eigenvalue weighted by molar-refractivity contribution is -0.167. The van der Waals surface area contributed by atoms with Crippen LogP contribution in [0.1, 0.15) is 227 Å². The van der Waals surface area contributed by atoms with Gasteiger partial charge < -0.3 is 14.2 Å². The van der Waals surface area contributed by atoms with Crippen LogP contribution in [0.25, 0.3) is 0 Å². The van der Waals surface area contributed by atoms with Crippen molar-refractivity contribution in [1.82, 2.24) is 0 Å². The van der Waals surface area contributed by atoms with E-state index < -0.39 is 6.10 Å². The van der Waals surface area contributed by atoms with Crippen molar-refractivity contribution < 1.29 is 28.6 Å².